The number of nitrogens with zero attached hydrogens (tertiary/aromatic N) is 3. The second-order valence-corrected chi connectivity index (χ2v) is 4.79. The highest BCUT2D eigenvalue weighted by Crippen LogP contribution is 2.22. The normalized spacial score (nSPS) is 10.4. The monoisotopic (exact) mass is 308 g/mol. The number of aryl methyl sites for hydroxylation is 1. The van der Waals surface area contributed by atoms with Crippen LogP contribution in [0.2, 0.25) is 5.02 Å². The molecule has 1 amide bonds. The Kier molecular flexibility index (Phi) is 4.54. The van der Waals surface area contributed by atoms with E-state index in [2.05, 4.69) is 10.3 Å². The van der Waals surface area contributed by atoms with Crippen LogP contribution in [0.15, 0.2) is 30.6 Å². The maximum atomic E-state index is 12.0. The van der Waals surface area contributed by atoms with Crippen LogP contribution in [0, 0.1) is 10.1 Å². The Bertz CT molecular complexity index is 684. The number of aromatic nitrogens is 2. The molecule has 110 valence electrons. The molecule has 21 heavy (non-hydrogen) atoms. The van der Waals surface area contributed by atoms with Gasteiger partial charge in [-0.3, -0.25) is 14.9 Å². The third-order valence-corrected chi connectivity index (χ3v) is 3.28. The molecule has 1 N–H and O–H groups in total. The van der Waals surface area contributed by atoms with Crippen LogP contribution in [0.4, 0.5) is 5.69 Å². The number of hydrogen-bond donors (Lipinski definition) is 1. The Morgan fingerprint density at radius 1 is 1.52 bits per heavy atom. The molecule has 0 aliphatic heterocycles. The fourth-order valence-electron chi connectivity index (χ4n) is 1.82. The number of non-ortho nitro benzene ring substituents is 1. The predicted octanol–water partition coefficient (Wildman–Crippen LogP) is 1.95. The van der Waals surface area contributed by atoms with Crippen molar-refractivity contribution >= 4 is 23.2 Å². The van der Waals surface area contributed by atoms with Crippen LogP contribution in [-0.4, -0.2) is 26.9 Å². The lowest BCUT2D eigenvalue weighted by atomic mass is 10.2. The van der Waals surface area contributed by atoms with Crippen LogP contribution in [0.5, 0.6) is 0 Å². The second kappa shape index (κ2) is 6.36. The van der Waals surface area contributed by atoms with Crippen molar-refractivity contribution in [1.82, 2.24) is 14.9 Å². The summed E-state index contributed by atoms with van der Waals surface area (Å²) in [7, 11) is 1.87. The van der Waals surface area contributed by atoms with Gasteiger partial charge < -0.3 is 9.88 Å². The van der Waals surface area contributed by atoms with Gasteiger partial charge in [0, 0.05) is 44.5 Å². The molecular weight excluding hydrogens is 296 g/mol. The zero-order valence-electron chi connectivity index (χ0n) is 11.2. The van der Waals surface area contributed by atoms with Gasteiger partial charge in [0.25, 0.3) is 11.6 Å². The van der Waals surface area contributed by atoms with E-state index in [0.29, 0.717) is 13.0 Å². The van der Waals surface area contributed by atoms with Gasteiger partial charge in [-0.05, 0) is 6.07 Å². The van der Waals surface area contributed by atoms with Gasteiger partial charge in [0.15, 0.2) is 0 Å². The number of amides is 1. The topological polar surface area (TPSA) is 90.1 Å². The van der Waals surface area contributed by atoms with Crippen LogP contribution in [0.3, 0.4) is 0 Å². The quantitative estimate of drug-likeness (QED) is 0.675. The average Bonchev–Trinajstić information content (AvgIpc) is 2.84. The molecule has 0 atom stereocenters. The number of carbonyl (C=O) groups excluding carboxylic acids is 1. The molecule has 0 spiro atoms. The summed E-state index contributed by atoms with van der Waals surface area (Å²) in [6.45, 7) is 0.400. The van der Waals surface area contributed by atoms with E-state index in [-0.39, 0.29) is 22.2 Å². The number of benzene rings is 1. The van der Waals surface area contributed by atoms with Crippen LogP contribution >= 0.6 is 11.6 Å². The van der Waals surface area contributed by atoms with Crippen molar-refractivity contribution in [2.45, 2.75) is 6.42 Å². The molecular formula is C13H13ClN4O3. The van der Waals surface area contributed by atoms with Gasteiger partial charge in [0.05, 0.1) is 15.5 Å². The fraction of sp³-hybridized carbons (Fsp3) is 0.231. The first-order valence-corrected chi connectivity index (χ1v) is 6.55. The van der Waals surface area contributed by atoms with Crippen LogP contribution in [0.1, 0.15) is 16.2 Å². The Morgan fingerprint density at radius 2 is 2.29 bits per heavy atom. The summed E-state index contributed by atoms with van der Waals surface area (Å²) in [5.41, 5.74) is 0.0617. The molecule has 7 nitrogen and oxygen atoms in total. The molecule has 0 saturated heterocycles. The van der Waals surface area contributed by atoms with Crippen molar-refractivity contribution in [2.24, 2.45) is 7.05 Å². The Labute approximate surface area is 125 Å². The number of carbonyl (C=O) groups is 1. The van der Waals surface area contributed by atoms with E-state index >= 15 is 0 Å². The highest BCUT2D eigenvalue weighted by molar-refractivity contribution is 6.34. The average molecular weight is 309 g/mol. The van der Waals surface area contributed by atoms with Crippen molar-refractivity contribution in [3.05, 3.63) is 57.1 Å². The minimum absolute atomic E-state index is 0.0543. The standard InChI is InChI=1S/C13H13ClN4O3/c1-17-7-6-15-12(17)4-5-16-13(19)10-3-2-9(18(20)21)8-11(10)14/h2-3,6-8H,4-5H2,1H3,(H,16,19). The molecule has 0 fully saturated rings. The number of nitro benzene ring substituents is 1. The third kappa shape index (κ3) is 3.57. The lowest BCUT2D eigenvalue weighted by Gasteiger charge is -2.07. The first kappa shape index (κ1) is 15.0. The summed E-state index contributed by atoms with van der Waals surface area (Å²) in [5, 5.41) is 13.4. The molecule has 0 saturated carbocycles. The van der Waals surface area contributed by atoms with Gasteiger partial charge in [0.2, 0.25) is 0 Å². The first-order chi connectivity index (χ1) is 9.99. The molecule has 1 heterocycles. The van der Waals surface area contributed by atoms with Crippen LogP contribution in [0.25, 0.3) is 0 Å². The maximum absolute atomic E-state index is 12.0. The zero-order chi connectivity index (χ0) is 15.4. The first-order valence-electron chi connectivity index (χ1n) is 6.17. The number of imidazole rings is 1. The summed E-state index contributed by atoms with van der Waals surface area (Å²) in [4.78, 5) is 26.2. The van der Waals surface area contributed by atoms with Gasteiger partial charge in [-0.15, -0.1) is 0 Å². The Balaban J connectivity index is 1.97. The minimum atomic E-state index is -0.561. The van der Waals surface area contributed by atoms with Crippen LogP contribution < -0.4 is 5.32 Å². The lowest BCUT2D eigenvalue weighted by Crippen LogP contribution is -2.26. The molecule has 0 radical (unpaired) electrons. The zero-order valence-corrected chi connectivity index (χ0v) is 12.0. The van der Waals surface area contributed by atoms with Gasteiger partial charge in [-0.2, -0.15) is 0 Å². The van der Waals surface area contributed by atoms with E-state index in [1.165, 1.54) is 12.1 Å². The van der Waals surface area contributed by atoms with Crippen molar-refractivity contribution in [3.8, 4) is 0 Å². The fourth-order valence-corrected chi connectivity index (χ4v) is 2.08. The second-order valence-electron chi connectivity index (χ2n) is 4.38. The smallest absolute Gasteiger partial charge is 0.270 e. The van der Waals surface area contributed by atoms with E-state index in [1.54, 1.807) is 6.20 Å². The van der Waals surface area contributed by atoms with Gasteiger partial charge in [-0.25, -0.2) is 4.98 Å². The summed E-state index contributed by atoms with van der Waals surface area (Å²) < 4.78 is 1.87. The van der Waals surface area contributed by atoms with Crippen LogP contribution in [-0.2, 0) is 13.5 Å². The maximum Gasteiger partial charge on any atom is 0.270 e. The Hall–Kier alpha value is -2.41. The summed E-state index contributed by atoms with van der Waals surface area (Å²) in [6, 6.07) is 3.76. The summed E-state index contributed by atoms with van der Waals surface area (Å²) in [5.74, 6) is 0.481. The van der Waals surface area contributed by atoms with Crippen molar-refractivity contribution in [3.63, 3.8) is 0 Å². The molecule has 1 aromatic heterocycles. The predicted molar refractivity (Wildman–Crippen MR) is 77.4 cm³/mol. The Morgan fingerprint density at radius 3 is 2.86 bits per heavy atom. The van der Waals surface area contributed by atoms with Gasteiger partial charge in [-0.1, -0.05) is 11.6 Å². The van der Waals surface area contributed by atoms with E-state index in [9.17, 15) is 14.9 Å². The highest BCUT2D eigenvalue weighted by Gasteiger charge is 2.14. The van der Waals surface area contributed by atoms with Gasteiger partial charge >= 0.3 is 0 Å². The number of nitro groups is 1. The van der Waals surface area contributed by atoms with E-state index in [0.717, 1.165) is 11.9 Å². The third-order valence-electron chi connectivity index (χ3n) is 2.96. The molecule has 1 aromatic carbocycles. The van der Waals surface area contributed by atoms with E-state index in [4.69, 9.17) is 11.6 Å². The highest BCUT2D eigenvalue weighted by atomic mass is 35.5. The summed E-state index contributed by atoms with van der Waals surface area (Å²) in [6.07, 6.45) is 4.09. The molecule has 0 unspecified atom stereocenters. The lowest BCUT2D eigenvalue weighted by molar-refractivity contribution is -0.384. The SMILES string of the molecule is Cn1ccnc1CCNC(=O)c1ccc([N+](=O)[O-])cc1Cl. The molecule has 2 aromatic rings. The van der Waals surface area contributed by atoms with E-state index in [1.807, 2.05) is 17.8 Å². The molecule has 8 heteroatoms. The van der Waals surface area contributed by atoms with Gasteiger partial charge in [0.1, 0.15) is 5.82 Å². The minimum Gasteiger partial charge on any atom is -0.352 e. The molecule has 0 aliphatic carbocycles. The largest absolute Gasteiger partial charge is 0.352 e. The van der Waals surface area contributed by atoms with Crippen molar-refractivity contribution in [1.29, 1.82) is 0 Å². The van der Waals surface area contributed by atoms with Crippen molar-refractivity contribution < 1.29 is 9.72 Å². The van der Waals surface area contributed by atoms with E-state index < -0.39 is 4.92 Å². The number of nitrogens with one attached hydrogen (secondary N) is 1. The number of rotatable bonds is 5. The number of hydrogen-bond acceptors (Lipinski definition) is 4. The number of halogens is 1. The molecule has 2 rings (SSSR count). The summed E-state index contributed by atoms with van der Waals surface area (Å²) >= 11 is 5.89. The molecule has 0 bridgehead atoms. The van der Waals surface area contributed by atoms with Crippen molar-refractivity contribution in [2.75, 3.05) is 6.54 Å². The molecule has 0 aliphatic rings.